The second-order valence-electron chi connectivity index (χ2n) is 6.34. The number of carboxylic acids is 1. The number of ether oxygens (including phenoxy) is 1. The molecule has 2 aromatic carbocycles. The maximum Gasteiger partial charge on any atom is 0.322 e. The summed E-state index contributed by atoms with van der Waals surface area (Å²) in [6.07, 6.45) is 1.78. The van der Waals surface area contributed by atoms with E-state index >= 15 is 0 Å². The lowest BCUT2D eigenvalue weighted by molar-refractivity contribution is -0.136. The first-order valence-electron chi connectivity index (χ1n) is 8.72. The first-order chi connectivity index (χ1) is 12.8. The van der Waals surface area contributed by atoms with Crippen LogP contribution in [-0.4, -0.2) is 31.4 Å². The highest BCUT2D eigenvalue weighted by atomic mass is 32.2. The number of benzene rings is 2. The lowest BCUT2D eigenvalue weighted by Gasteiger charge is -2.14. The van der Waals surface area contributed by atoms with Crippen LogP contribution in [0.5, 0.6) is 5.75 Å². The predicted octanol–water partition coefficient (Wildman–Crippen LogP) is 4.00. The monoisotopic (exact) mass is 394 g/mol. The third-order valence-electron chi connectivity index (χ3n) is 4.19. The lowest BCUT2D eigenvalue weighted by atomic mass is 10.1. The van der Waals surface area contributed by atoms with E-state index in [-0.39, 0.29) is 17.1 Å². The molecule has 0 radical (unpaired) electrons. The van der Waals surface area contributed by atoms with Gasteiger partial charge in [-0.2, -0.15) is 0 Å². The van der Waals surface area contributed by atoms with Gasteiger partial charge < -0.3 is 9.84 Å². The van der Waals surface area contributed by atoms with Gasteiger partial charge in [-0.1, -0.05) is 30.5 Å². The summed E-state index contributed by atoms with van der Waals surface area (Å²) in [4.78, 5) is 11.5. The standard InChI is InChI=1S/C20H23FO5S/c1-15-6-12-18(13-7-15)27(24,25)19(20(22)23)5-3-2-4-14-26-17-10-8-16(21)9-11-17/h6-13,19H,2-5,14H2,1H3,(H,22,23). The fraction of sp³-hybridized carbons (Fsp3) is 0.350. The summed E-state index contributed by atoms with van der Waals surface area (Å²) in [5.74, 6) is -1.11. The van der Waals surface area contributed by atoms with Crippen molar-refractivity contribution in [1.82, 2.24) is 0 Å². The molecule has 0 saturated carbocycles. The summed E-state index contributed by atoms with van der Waals surface area (Å²) in [7, 11) is -3.92. The smallest absolute Gasteiger partial charge is 0.322 e. The summed E-state index contributed by atoms with van der Waals surface area (Å²) in [5.41, 5.74) is 0.905. The molecule has 1 atom stereocenters. The van der Waals surface area contributed by atoms with Crippen LogP contribution in [0.3, 0.4) is 0 Å². The van der Waals surface area contributed by atoms with Gasteiger partial charge in [0.2, 0.25) is 0 Å². The molecule has 1 unspecified atom stereocenters. The Morgan fingerprint density at radius 1 is 1.04 bits per heavy atom. The molecule has 0 amide bonds. The highest BCUT2D eigenvalue weighted by molar-refractivity contribution is 7.92. The molecule has 0 saturated heterocycles. The Balaban J connectivity index is 1.83. The molecule has 27 heavy (non-hydrogen) atoms. The molecular weight excluding hydrogens is 371 g/mol. The van der Waals surface area contributed by atoms with Crippen molar-refractivity contribution in [3.63, 3.8) is 0 Å². The van der Waals surface area contributed by atoms with Crippen LogP contribution in [0, 0.1) is 12.7 Å². The lowest BCUT2D eigenvalue weighted by Crippen LogP contribution is -2.30. The molecule has 0 spiro atoms. The van der Waals surface area contributed by atoms with Crippen LogP contribution in [0.4, 0.5) is 4.39 Å². The molecule has 5 nitrogen and oxygen atoms in total. The summed E-state index contributed by atoms with van der Waals surface area (Å²) >= 11 is 0. The molecule has 0 aliphatic rings. The predicted molar refractivity (Wildman–Crippen MR) is 100 cm³/mol. The minimum atomic E-state index is -3.92. The van der Waals surface area contributed by atoms with Crippen molar-refractivity contribution in [2.24, 2.45) is 0 Å². The number of hydrogen-bond donors (Lipinski definition) is 1. The van der Waals surface area contributed by atoms with Crippen molar-refractivity contribution < 1.29 is 27.4 Å². The quantitative estimate of drug-likeness (QED) is 0.616. The third-order valence-corrected chi connectivity index (χ3v) is 6.31. The van der Waals surface area contributed by atoms with Crippen LogP contribution >= 0.6 is 0 Å². The minimum Gasteiger partial charge on any atom is -0.494 e. The molecule has 0 aliphatic heterocycles. The summed E-state index contributed by atoms with van der Waals surface area (Å²) in [6.45, 7) is 2.23. The first-order valence-corrected chi connectivity index (χ1v) is 10.3. The molecular formula is C20H23FO5S. The Morgan fingerprint density at radius 2 is 1.67 bits per heavy atom. The van der Waals surface area contributed by atoms with Crippen molar-refractivity contribution in [2.75, 3.05) is 6.61 Å². The number of unbranched alkanes of at least 4 members (excludes halogenated alkanes) is 2. The zero-order valence-corrected chi connectivity index (χ0v) is 15.9. The van der Waals surface area contributed by atoms with E-state index in [1.165, 1.54) is 36.4 Å². The van der Waals surface area contributed by atoms with E-state index in [0.29, 0.717) is 31.6 Å². The molecule has 0 heterocycles. The summed E-state index contributed by atoms with van der Waals surface area (Å²) < 4.78 is 43.4. The third kappa shape index (κ3) is 6.06. The van der Waals surface area contributed by atoms with Gasteiger partial charge >= 0.3 is 5.97 Å². The Hall–Kier alpha value is -2.41. The van der Waals surface area contributed by atoms with Gasteiger partial charge in [-0.05, 0) is 56.2 Å². The van der Waals surface area contributed by atoms with Gasteiger partial charge in [0.15, 0.2) is 15.1 Å². The SMILES string of the molecule is Cc1ccc(S(=O)(=O)C(CCCCCOc2ccc(F)cc2)C(=O)O)cc1. The number of aryl methyl sites for hydroxylation is 1. The second kappa shape index (κ2) is 9.50. The van der Waals surface area contributed by atoms with Crippen LogP contribution in [-0.2, 0) is 14.6 Å². The van der Waals surface area contributed by atoms with E-state index in [0.717, 1.165) is 5.56 Å². The van der Waals surface area contributed by atoms with Crippen LogP contribution in [0.2, 0.25) is 0 Å². The molecule has 0 fully saturated rings. The zero-order valence-electron chi connectivity index (χ0n) is 15.1. The molecule has 1 N–H and O–H groups in total. The first kappa shape index (κ1) is 20.9. The van der Waals surface area contributed by atoms with Crippen molar-refractivity contribution in [1.29, 1.82) is 0 Å². The van der Waals surface area contributed by atoms with Crippen molar-refractivity contribution in [3.05, 3.63) is 59.9 Å². The van der Waals surface area contributed by atoms with Gasteiger partial charge in [0, 0.05) is 0 Å². The van der Waals surface area contributed by atoms with Gasteiger partial charge in [0.1, 0.15) is 11.6 Å². The van der Waals surface area contributed by atoms with Crippen LogP contribution in [0.1, 0.15) is 31.2 Å². The normalized spacial score (nSPS) is 12.5. The van der Waals surface area contributed by atoms with E-state index in [2.05, 4.69) is 0 Å². The summed E-state index contributed by atoms with van der Waals surface area (Å²) in [6, 6.07) is 11.9. The van der Waals surface area contributed by atoms with Gasteiger partial charge in [0.25, 0.3) is 0 Å². The van der Waals surface area contributed by atoms with Gasteiger partial charge in [-0.15, -0.1) is 0 Å². The van der Waals surface area contributed by atoms with Gasteiger partial charge in [-0.25, -0.2) is 12.8 Å². The Labute approximate surface area is 158 Å². The molecule has 7 heteroatoms. The number of sulfone groups is 1. The number of carbonyl (C=O) groups is 1. The second-order valence-corrected chi connectivity index (χ2v) is 8.47. The van der Waals surface area contributed by atoms with Crippen molar-refractivity contribution >= 4 is 15.8 Å². The Morgan fingerprint density at radius 3 is 2.26 bits per heavy atom. The number of carboxylic acid groups (broad SMARTS) is 1. The number of hydrogen-bond acceptors (Lipinski definition) is 4. The average molecular weight is 394 g/mol. The molecule has 146 valence electrons. The Bertz CT molecular complexity index is 845. The highest BCUT2D eigenvalue weighted by Gasteiger charge is 2.33. The number of aliphatic carboxylic acids is 1. The maximum atomic E-state index is 12.8. The maximum absolute atomic E-state index is 12.8. The fourth-order valence-corrected chi connectivity index (χ4v) is 4.22. The van der Waals surface area contributed by atoms with E-state index in [9.17, 15) is 22.7 Å². The molecule has 0 bridgehead atoms. The van der Waals surface area contributed by atoms with Crippen LogP contribution in [0.25, 0.3) is 0 Å². The van der Waals surface area contributed by atoms with E-state index in [4.69, 9.17) is 4.74 Å². The highest BCUT2D eigenvalue weighted by Crippen LogP contribution is 2.21. The topological polar surface area (TPSA) is 80.7 Å². The fourth-order valence-electron chi connectivity index (χ4n) is 2.63. The van der Waals surface area contributed by atoms with Crippen LogP contribution in [0.15, 0.2) is 53.4 Å². The number of halogens is 1. The molecule has 2 rings (SSSR count). The van der Waals surface area contributed by atoms with Crippen molar-refractivity contribution in [2.45, 2.75) is 42.8 Å². The number of rotatable bonds is 10. The molecule has 0 aromatic heterocycles. The average Bonchev–Trinajstić information content (AvgIpc) is 2.62. The van der Waals surface area contributed by atoms with E-state index < -0.39 is 21.1 Å². The van der Waals surface area contributed by atoms with E-state index in [1.807, 2.05) is 6.92 Å². The summed E-state index contributed by atoms with van der Waals surface area (Å²) in [5, 5.41) is 7.90. The van der Waals surface area contributed by atoms with Crippen molar-refractivity contribution in [3.8, 4) is 5.75 Å². The van der Waals surface area contributed by atoms with Gasteiger partial charge in [0.05, 0.1) is 11.5 Å². The zero-order chi connectivity index (χ0) is 19.9. The van der Waals surface area contributed by atoms with E-state index in [1.54, 1.807) is 12.1 Å². The molecule has 2 aromatic rings. The van der Waals surface area contributed by atoms with Gasteiger partial charge in [-0.3, -0.25) is 4.79 Å². The largest absolute Gasteiger partial charge is 0.494 e. The minimum absolute atomic E-state index is 0.0279. The van der Waals surface area contributed by atoms with Crippen LogP contribution < -0.4 is 4.74 Å². The molecule has 0 aliphatic carbocycles. The Kier molecular flexibility index (Phi) is 7.36.